The summed E-state index contributed by atoms with van der Waals surface area (Å²) < 4.78 is 1.33. The number of thiophene rings is 1. The van der Waals surface area contributed by atoms with Gasteiger partial charge in [0.25, 0.3) is 0 Å². The van der Waals surface area contributed by atoms with Crippen LogP contribution < -0.4 is 10.6 Å². The fraction of sp³-hybridized carbons (Fsp3) is 0.118. The van der Waals surface area contributed by atoms with Crippen molar-refractivity contribution in [3.8, 4) is 0 Å². The van der Waals surface area contributed by atoms with Crippen molar-refractivity contribution in [3.63, 3.8) is 0 Å². The van der Waals surface area contributed by atoms with Crippen LogP contribution in [0.1, 0.15) is 5.56 Å². The molecule has 1 aromatic heterocycles. The molecule has 0 saturated heterocycles. The summed E-state index contributed by atoms with van der Waals surface area (Å²) in [6.45, 7) is 0.806. The first-order chi connectivity index (χ1) is 10.7. The van der Waals surface area contributed by atoms with Crippen LogP contribution in [0.4, 0.5) is 5.69 Å². The zero-order valence-corrected chi connectivity index (χ0v) is 14.2. The van der Waals surface area contributed by atoms with E-state index in [1.165, 1.54) is 15.6 Å². The van der Waals surface area contributed by atoms with Gasteiger partial charge in [-0.05, 0) is 65.3 Å². The lowest BCUT2D eigenvalue weighted by molar-refractivity contribution is 0.880. The Bertz CT molecular complexity index is 781. The summed E-state index contributed by atoms with van der Waals surface area (Å²) in [7, 11) is 0. The number of rotatable bonds is 4. The molecule has 22 heavy (non-hydrogen) atoms. The molecule has 0 spiro atoms. The summed E-state index contributed by atoms with van der Waals surface area (Å²) in [4.78, 5) is 0. The number of hydrogen-bond acceptors (Lipinski definition) is 2. The normalized spacial score (nSPS) is 10.6. The molecule has 0 aliphatic carbocycles. The van der Waals surface area contributed by atoms with E-state index in [1.54, 1.807) is 11.3 Å². The van der Waals surface area contributed by atoms with Crippen LogP contribution in [0.15, 0.2) is 53.9 Å². The number of hydrogen-bond donors (Lipinski definition) is 2. The highest BCUT2D eigenvalue weighted by Gasteiger charge is 2.03. The maximum Gasteiger partial charge on any atom is 0.170 e. The van der Waals surface area contributed by atoms with Gasteiger partial charge in [0, 0.05) is 22.0 Å². The molecule has 0 radical (unpaired) electrons. The minimum atomic E-state index is 0.627. The molecular weight excluding hydrogens is 332 g/mol. The highest BCUT2D eigenvalue weighted by atomic mass is 35.5. The minimum absolute atomic E-state index is 0.627. The van der Waals surface area contributed by atoms with E-state index in [-0.39, 0.29) is 0 Å². The summed E-state index contributed by atoms with van der Waals surface area (Å²) in [6, 6.07) is 16.0. The monoisotopic (exact) mass is 346 g/mol. The zero-order chi connectivity index (χ0) is 15.4. The molecule has 0 bridgehead atoms. The molecule has 0 unspecified atom stereocenters. The second-order valence-electron chi connectivity index (χ2n) is 4.89. The maximum absolute atomic E-state index is 5.86. The summed E-state index contributed by atoms with van der Waals surface area (Å²) in [6.07, 6.45) is 0.951. The average Bonchev–Trinajstić information content (AvgIpc) is 2.93. The van der Waals surface area contributed by atoms with Crippen molar-refractivity contribution in [2.45, 2.75) is 6.42 Å². The lowest BCUT2D eigenvalue weighted by Crippen LogP contribution is -2.30. The van der Waals surface area contributed by atoms with Crippen LogP contribution in [0.25, 0.3) is 10.1 Å². The Balaban J connectivity index is 1.52. The van der Waals surface area contributed by atoms with E-state index < -0.39 is 0 Å². The average molecular weight is 347 g/mol. The predicted molar refractivity (Wildman–Crippen MR) is 101 cm³/mol. The molecule has 0 amide bonds. The van der Waals surface area contributed by atoms with Crippen molar-refractivity contribution < 1.29 is 0 Å². The Morgan fingerprint density at radius 1 is 1.09 bits per heavy atom. The second-order valence-corrected chi connectivity index (χ2v) is 6.65. The lowest BCUT2D eigenvalue weighted by Gasteiger charge is -2.10. The van der Waals surface area contributed by atoms with Crippen LogP contribution in [0.2, 0.25) is 5.02 Å². The second kappa shape index (κ2) is 7.09. The number of halogens is 1. The number of benzene rings is 2. The summed E-state index contributed by atoms with van der Waals surface area (Å²) >= 11 is 13.0. The van der Waals surface area contributed by atoms with Crippen molar-refractivity contribution in [1.82, 2.24) is 5.32 Å². The first-order valence-corrected chi connectivity index (χ1v) is 8.64. The van der Waals surface area contributed by atoms with Gasteiger partial charge < -0.3 is 10.6 Å². The van der Waals surface area contributed by atoms with E-state index >= 15 is 0 Å². The predicted octanol–water partition coefficient (Wildman–Crippen LogP) is 5.08. The zero-order valence-electron chi connectivity index (χ0n) is 11.8. The van der Waals surface area contributed by atoms with Gasteiger partial charge in [-0.3, -0.25) is 0 Å². The third-order valence-electron chi connectivity index (χ3n) is 3.34. The van der Waals surface area contributed by atoms with E-state index in [2.05, 4.69) is 40.3 Å². The highest BCUT2D eigenvalue weighted by molar-refractivity contribution is 7.80. The summed E-state index contributed by atoms with van der Waals surface area (Å²) in [5.74, 6) is 0. The Morgan fingerprint density at radius 2 is 1.86 bits per heavy atom. The first-order valence-electron chi connectivity index (χ1n) is 6.98. The third kappa shape index (κ3) is 3.77. The van der Waals surface area contributed by atoms with Crippen molar-refractivity contribution in [2.24, 2.45) is 0 Å². The molecule has 0 atom stereocenters. The van der Waals surface area contributed by atoms with E-state index in [0.29, 0.717) is 10.1 Å². The van der Waals surface area contributed by atoms with E-state index in [1.807, 2.05) is 24.3 Å². The van der Waals surface area contributed by atoms with Gasteiger partial charge in [0.05, 0.1) is 0 Å². The van der Waals surface area contributed by atoms with E-state index in [0.717, 1.165) is 18.7 Å². The molecule has 2 nitrogen and oxygen atoms in total. The third-order valence-corrected chi connectivity index (χ3v) is 4.85. The van der Waals surface area contributed by atoms with Gasteiger partial charge >= 0.3 is 0 Å². The molecule has 2 N–H and O–H groups in total. The first kappa shape index (κ1) is 15.3. The molecule has 1 heterocycles. The van der Waals surface area contributed by atoms with Gasteiger partial charge in [-0.1, -0.05) is 29.8 Å². The smallest absolute Gasteiger partial charge is 0.170 e. The molecule has 0 aliphatic rings. The van der Waals surface area contributed by atoms with Crippen LogP contribution in [-0.4, -0.2) is 11.7 Å². The van der Waals surface area contributed by atoms with Gasteiger partial charge in [-0.25, -0.2) is 0 Å². The SMILES string of the molecule is S=C(NCCc1csc2ccccc12)Nc1ccc(Cl)cc1. The fourth-order valence-corrected chi connectivity index (χ4v) is 3.59. The molecule has 0 fully saturated rings. The maximum atomic E-state index is 5.86. The van der Waals surface area contributed by atoms with E-state index in [9.17, 15) is 0 Å². The number of thiocarbonyl (C=S) groups is 1. The van der Waals surface area contributed by atoms with E-state index in [4.69, 9.17) is 23.8 Å². The topological polar surface area (TPSA) is 24.1 Å². The van der Waals surface area contributed by atoms with Crippen molar-refractivity contribution >= 4 is 56.0 Å². The van der Waals surface area contributed by atoms with Crippen LogP contribution in [-0.2, 0) is 6.42 Å². The molecule has 3 aromatic rings. The highest BCUT2D eigenvalue weighted by Crippen LogP contribution is 2.25. The largest absolute Gasteiger partial charge is 0.362 e. The molecule has 112 valence electrons. The van der Waals surface area contributed by atoms with Crippen LogP contribution in [0.5, 0.6) is 0 Å². The summed E-state index contributed by atoms with van der Waals surface area (Å²) in [5, 5.41) is 11.3. The van der Waals surface area contributed by atoms with Crippen molar-refractivity contribution in [1.29, 1.82) is 0 Å². The molecule has 0 aliphatic heterocycles. The number of anilines is 1. The van der Waals surface area contributed by atoms with Crippen molar-refractivity contribution in [3.05, 3.63) is 64.5 Å². The van der Waals surface area contributed by atoms with Gasteiger partial charge in [-0.2, -0.15) is 0 Å². The lowest BCUT2D eigenvalue weighted by atomic mass is 10.1. The van der Waals surface area contributed by atoms with Crippen LogP contribution in [0.3, 0.4) is 0 Å². The Hall–Kier alpha value is -1.62. The van der Waals surface area contributed by atoms with Gasteiger partial charge in [0.1, 0.15) is 0 Å². The standard InChI is InChI=1S/C17H15ClN2S2/c18-13-5-7-14(8-6-13)20-17(21)19-10-9-12-11-22-16-4-2-1-3-15(12)16/h1-8,11H,9-10H2,(H2,19,20,21). The Kier molecular flexibility index (Phi) is 4.93. The van der Waals surface area contributed by atoms with Crippen LogP contribution >= 0.6 is 35.2 Å². The summed E-state index contributed by atoms with van der Waals surface area (Å²) in [5.41, 5.74) is 2.30. The van der Waals surface area contributed by atoms with Crippen molar-refractivity contribution in [2.75, 3.05) is 11.9 Å². The quantitative estimate of drug-likeness (QED) is 0.644. The molecule has 0 saturated carbocycles. The Morgan fingerprint density at radius 3 is 2.68 bits per heavy atom. The van der Waals surface area contributed by atoms with Gasteiger partial charge in [0.2, 0.25) is 0 Å². The number of nitrogens with one attached hydrogen (secondary N) is 2. The Labute approximate surface area is 144 Å². The molecular formula is C17H15ClN2S2. The molecule has 2 aromatic carbocycles. The minimum Gasteiger partial charge on any atom is -0.362 e. The van der Waals surface area contributed by atoms with Gasteiger partial charge in [-0.15, -0.1) is 11.3 Å². The van der Waals surface area contributed by atoms with Gasteiger partial charge in [0.15, 0.2) is 5.11 Å². The molecule has 3 rings (SSSR count). The fourth-order valence-electron chi connectivity index (χ4n) is 2.25. The number of fused-ring (bicyclic) bond motifs is 1. The molecule has 5 heteroatoms. The van der Waals surface area contributed by atoms with Crippen LogP contribution in [0, 0.1) is 0 Å².